The third-order valence-corrected chi connectivity index (χ3v) is 2.96. The molecule has 15 heavy (non-hydrogen) atoms. The zero-order valence-electron chi connectivity index (χ0n) is 7.98. The van der Waals surface area contributed by atoms with Gasteiger partial charge in [0.05, 0.1) is 5.69 Å². The first-order chi connectivity index (χ1) is 7.40. The van der Waals surface area contributed by atoms with E-state index in [0.29, 0.717) is 0 Å². The highest BCUT2D eigenvalue weighted by atomic mass is 79.9. The van der Waals surface area contributed by atoms with E-state index in [0.717, 1.165) is 29.0 Å². The van der Waals surface area contributed by atoms with E-state index >= 15 is 0 Å². The van der Waals surface area contributed by atoms with Crippen LogP contribution in [0.5, 0.6) is 0 Å². The van der Waals surface area contributed by atoms with E-state index in [9.17, 15) is 0 Å². The Morgan fingerprint density at radius 2 is 2.33 bits per heavy atom. The maximum atomic E-state index is 4.23. The zero-order chi connectivity index (χ0) is 10.5. The highest BCUT2D eigenvalue weighted by molar-refractivity contribution is 9.09. The number of nitrogens with one attached hydrogen (secondary N) is 1. The first kappa shape index (κ1) is 10.6. The van der Waals surface area contributed by atoms with Crippen LogP contribution in [0, 0.1) is 0 Å². The second-order valence-corrected chi connectivity index (χ2v) is 4.49. The number of alkyl halides is 1. The van der Waals surface area contributed by atoms with Crippen LogP contribution < -0.4 is 5.32 Å². The third kappa shape index (κ3) is 2.76. The van der Waals surface area contributed by atoms with E-state index < -0.39 is 0 Å². The Bertz CT molecular complexity index is 416. The Morgan fingerprint density at radius 1 is 1.40 bits per heavy atom. The van der Waals surface area contributed by atoms with Crippen molar-refractivity contribution in [1.29, 1.82) is 0 Å². The van der Waals surface area contributed by atoms with E-state index in [1.807, 2.05) is 11.4 Å². The molecule has 0 spiro atoms. The summed E-state index contributed by atoms with van der Waals surface area (Å²) in [6.45, 7) is 0.861. The van der Waals surface area contributed by atoms with E-state index in [1.165, 1.54) is 0 Å². The molecule has 2 aromatic heterocycles. The van der Waals surface area contributed by atoms with Crippen molar-refractivity contribution in [2.24, 2.45) is 0 Å². The summed E-state index contributed by atoms with van der Waals surface area (Å²) in [5.41, 5.74) is 2.10. The molecule has 0 aromatic carbocycles. The van der Waals surface area contributed by atoms with Crippen LogP contribution in [0.25, 0.3) is 11.3 Å². The number of hydrogen-bond donors (Lipinski definition) is 1. The monoisotopic (exact) mass is 283 g/mol. The van der Waals surface area contributed by atoms with Gasteiger partial charge in [-0.2, -0.15) is 11.3 Å². The minimum atomic E-state index is 0.861. The predicted octanol–water partition coefficient (Wildman–Crippen LogP) is 3.01. The van der Waals surface area contributed by atoms with Gasteiger partial charge in [-0.3, -0.25) is 0 Å². The molecule has 5 heteroatoms. The fourth-order valence-electron chi connectivity index (χ4n) is 1.20. The number of halogens is 1. The molecule has 0 saturated carbocycles. The van der Waals surface area contributed by atoms with Gasteiger partial charge in [0.2, 0.25) is 0 Å². The largest absolute Gasteiger partial charge is 0.369 e. The maximum absolute atomic E-state index is 4.23. The van der Waals surface area contributed by atoms with E-state index in [1.54, 1.807) is 17.7 Å². The third-order valence-electron chi connectivity index (χ3n) is 1.88. The van der Waals surface area contributed by atoms with E-state index in [4.69, 9.17) is 0 Å². The van der Waals surface area contributed by atoms with Gasteiger partial charge in [-0.05, 0) is 11.4 Å². The van der Waals surface area contributed by atoms with E-state index in [2.05, 4.69) is 42.7 Å². The Kier molecular flexibility index (Phi) is 3.69. The van der Waals surface area contributed by atoms with Crippen LogP contribution in [0.2, 0.25) is 0 Å². The van der Waals surface area contributed by atoms with Crippen LogP contribution in [-0.2, 0) is 0 Å². The second-order valence-electron chi connectivity index (χ2n) is 2.92. The van der Waals surface area contributed by atoms with Crippen LogP contribution in [0.1, 0.15) is 0 Å². The Balaban J connectivity index is 2.19. The first-order valence-corrected chi connectivity index (χ1v) is 6.61. The molecule has 0 aliphatic rings. The van der Waals surface area contributed by atoms with E-state index in [-0.39, 0.29) is 0 Å². The summed E-state index contributed by atoms with van der Waals surface area (Å²) in [4.78, 5) is 8.38. The lowest BCUT2D eigenvalue weighted by Gasteiger charge is -2.03. The number of nitrogens with zero attached hydrogens (tertiary/aromatic N) is 2. The first-order valence-electron chi connectivity index (χ1n) is 4.54. The van der Waals surface area contributed by atoms with Gasteiger partial charge in [-0.25, -0.2) is 9.97 Å². The highest BCUT2D eigenvalue weighted by Crippen LogP contribution is 2.20. The molecule has 0 atom stereocenters. The number of rotatable bonds is 4. The molecule has 2 heterocycles. The Hall–Kier alpha value is -0.940. The van der Waals surface area contributed by atoms with Gasteiger partial charge in [0.25, 0.3) is 0 Å². The molecule has 0 saturated heterocycles. The molecule has 0 fully saturated rings. The number of aromatic nitrogens is 2. The standard InChI is InChI=1S/C10H10BrN3S/c11-2-3-12-10-5-9(13-7-14-10)8-1-4-15-6-8/h1,4-7H,2-3H2,(H,12,13,14). The van der Waals surface area contributed by atoms with Gasteiger partial charge in [-0.1, -0.05) is 15.9 Å². The predicted molar refractivity (Wildman–Crippen MR) is 67.6 cm³/mol. The molecule has 1 N–H and O–H groups in total. The minimum absolute atomic E-state index is 0.861. The molecular formula is C10H10BrN3S. The fourth-order valence-corrected chi connectivity index (χ4v) is 2.05. The second kappa shape index (κ2) is 5.23. The number of anilines is 1. The summed E-state index contributed by atoms with van der Waals surface area (Å²) in [6.07, 6.45) is 1.59. The van der Waals surface area contributed by atoms with Gasteiger partial charge in [0, 0.05) is 28.9 Å². The topological polar surface area (TPSA) is 37.8 Å². The summed E-state index contributed by atoms with van der Waals surface area (Å²) in [6, 6.07) is 4.02. The van der Waals surface area contributed by atoms with Crippen molar-refractivity contribution in [1.82, 2.24) is 9.97 Å². The lowest BCUT2D eigenvalue weighted by atomic mass is 10.2. The molecule has 78 valence electrons. The molecule has 0 unspecified atom stereocenters. The lowest BCUT2D eigenvalue weighted by molar-refractivity contribution is 1.12. The summed E-state index contributed by atoms with van der Waals surface area (Å²) in [5.74, 6) is 0.866. The van der Waals surface area contributed by atoms with Gasteiger partial charge >= 0.3 is 0 Å². The summed E-state index contributed by atoms with van der Waals surface area (Å²) < 4.78 is 0. The molecule has 0 amide bonds. The van der Waals surface area contributed by atoms with Gasteiger partial charge in [0.1, 0.15) is 12.1 Å². The smallest absolute Gasteiger partial charge is 0.129 e. The van der Waals surface area contributed by atoms with Crippen LogP contribution in [0.15, 0.2) is 29.2 Å². The van der Waals surface area contributed by atoms with Crippen molar-refractivity contribution < 1.29 is 0 Å². The molecule has 0 bridgehead atoms. The lowest BCUT2D eigenvalue weighted by Crippen LogP contribution is -2.04. The molecule has 2 aromatic rings. The number of hydrogen-bond acceptors (Lipinski definition) is 4. The fraction of sp³-hybridized carbons (Fsp3) is 0.200. The summed E-state index contributed by atoms with van der Waals surface area (Å²) >= 11 is 5.03. The maximum Gasteiger partial charge on any atom is 0.129 e. The highest BCUT2D eigenvalue weighted by Gasteiger charge is 2.01. The normalized spacial score (nSPS) is 10.2. The molecular weight excluding hydrogens is 274 g/mol. The van der Waals surface area contributed by atoms with Crippen molar-refractivity contribution in [3.8, 4) is 11.3 Å². The molecule has 2 rings (SSSR count). The van der Waals surface area contributed by atoms with Gasteiger partial charge < -0.3 is 5.32 Å². The molecule has 0 radical (unpaired) electrons. The average molecular weight is 284 g/mol. The van der Waals surface area contributed by atoms with Crippen molar-refractivity contribution in [3.05, 3.63) is 29.2 Å². The Morgan fingerprint density at radius 3 is 3.07 bits per heavy atom. The van der Waals surface area contributed by atoms with Crippen molar-refractivity contribution in [2.45, 2.75) is 0 Å². The van der Waals surface area contributed by atoms with Gasteiger partial charge in [0.15, 0.2) is 0 Å². The van der Waals surface area contributed by atoms with Gasteiger partial charge in [-0.15, -0.1) is 0 Å². The zero-order valence-corrected chi connectivity index (χ0v) is 10.4. The van der Waals surface area contributed by atoms with Crippen LogP contribution in [0.3, 0.4) is 0 Å². The van der Waals surface area contributed by atoms with Crippen molar-refractivity contribution in [3.63, 3.8) is 0 Å². The average Bonchev–Trinajstić information content (AvgIpc) is 2.80. The molecule has 0 aliphatic heterocycles. The van der Waals surface area contributed by atoms with Crippen molar-refractivity contribution >= 4 is 33.1 Å². The Labute approximate surface area is 101 Å². The SMILES string of the molecule is BrCCNc1cc(-c2ccsc2)ncn1. The molecule has 0 aliphatic carbocycles. The number of thiophene rings is 1. The van der Waals surface area contributed by atoms with Crippen molar-refractivity contribution in [2.75, 3.05) is 17.2 Å². The quantitative estimate of drug-likeness (QED) is 0.877. The van der Waals surface area contributed by atoms with Crippen LogP contribution in [-0.4, -0.2) is 21.8 Å². The van der Waals surface area contributed by atoms with Crippen LogP contribution >= 0.6 is 27.3 Å². The minimum Gasteiger partial charge on any atom is -0.369 e. The summed E-state index contributed by atoms with van der Waals surface area (Å²) in [5, 5.41) is 8.23. The molecule has 3 nitrogen and oxygen atoms in total. The summed E-state index contributed by atoms with van der Waals surface area (Å²) in [7, 11) is 0. The van der Waals surface area contributed by atoms with Crippen LogP contribution in [0.4, 0.5) is 5.82 Å².